The molecule has 0 aromatic carbocycles. The normalized spacial score (nSPS) is 11.6. The number of esters is 1. The van der Waals surface area contributed by atoms with E-state index in [-0.39, 0.29) is 29.1 Å². The van der Waals surface area contributed by atoms with Crippen LogP contribution in [0.5, 0.6) is 0 Å². The van der Waals surface area contributed by atoms with Crippen LogP contribution in [0, 0.1) is 0 Å². The van der Waals surface area contributed by atoms with Gasteiger partial charge in [0.05, 0.1) is 17.3 Å². The Morgan fingerprint density at radius 2 is 1.75 bits per heavy atom. The minimum absolute atomic E-state index is 0.0699. The molecule has 6 nitrogen and oxygen atoms in total. The fraction of sp³-hybridized carbons (Fsp3) is 0.750. The van der Waals surface area contributed by atoms with Gasteiger partial charge >= 0.3 is 5.97 Å². The van der Waals surface area contributed by atoms with Crippen LogP contribution >= 0.6 is 31.9 Å². The Morgan fingerprint density at radius 3 is 2.30 bits per heavy atom. The molecule has 0 aliphatic heterocycles. The molecule has 116 valence electrons. The van der Waals surface area contributed by atoms with E-state index in [1.165, 1.54) is 0 Å². The Labute approximate surface area is 135 Å². The molecule has 0 aliphatic carbocycles. The summed E-state index contributed by atoms with van der Waals surface area (Å²) < 4.78 is 4.92. The van der Waals surface area contributed by atoms with Gasteiger partial charge < -0.3 is 15.4 Å². The number of nitrogens with one attached hydrogen (secondary N) is 2. The lowest BCUT2D eigenvalue weighted by molar-refractivity contribution is -0.147. The van der Waals surface area contributed by atoms with Crippen molar-refractivity contribution in [2.45, 2.75) is 32.2 Å². The van der Waals surface area contributed by atoms with Crippen LogP contribution in [0.1, 0.15) is 26.2 Å². The SMILES string of the molecule is CCOC(=O)[C@H](CCCCNC(=O)CBr)NC(=O)CBr. The van der Waals surface area contributed by atoms with Crippen molar-refractivity contribution in [3.05, 3.63) is 0 Å². The highest BCUT2D eigenvalue weighted by molar-refractivity contribution is 9.09. The maximum atomic E-state index is 11.7. The number of amides is 2. The first kappa shape index (κ1) is 19.4. The predicted molar refractivity (Wildman–Crippen MR) is 83.0 cm³/mol. The zero-order chi connectivity index (χ0) is 15.4. The van der Waals surface area contributed by atoms with E-state index in [2.05, 4.69) is 42.5 Å². The topological polar surface area (TPSA) is 84.5 Å². The van der Waals surface area contributed by atoms with Crippen LogP contribution in [-0.4, -0.2) is 47.6 Å². The van der Waals surface area contributed by atoms with Crippen LogP contribution in [0.4, 0.5) is 0 Å². The van der Waals surface area contributed by atoms with Crippen molar-refractivity contribution in [3.63, 3.8) is 0 Å². The van der Waals surface area contributed by atoms with E-state index in [4.69, 9.17) is 4.74 Å². The highest BCUT2D eigenvalue weighted by Crippen LogP contribution is 2.03. The minimum atomic E-state index is -0.633. The van der Waals surface area contributed by atoms with Crippen molar-refractivity contribution in [2.75, 3.05) is 23.8 Å². The van der Waals surface area contributed by atoms with Gasteiger partial charge in [-0.25, -0.2) is 4.79 Å². The van der Waals surface area contributed by atoms with Gasteiger partial charge in [-0.3, -0.25) is 9.59 Å². The van der Waals surface area contributed by atoms with Crippen LogP contribution in [0.2, 0.25) is 0 Å². The molecule has 1 atom stereocenters. The number of unbranched alkanes of at least 4 members (excludes halogenated alkanes) is 1. The first-order chi connectivity index (χ1) is 9.54. The number of rotatable bonds is 10. The summed E-state index contributed by atoms with van der Waals surface area (Å²) in [4.78, 5) is 34.0. The second-order valence-corrected chi connectivity index (χ2v) is 5.11. The van der Waals surface area contributed by atoms with E-state index in [0.29, 0.717) is 19.4 Å². The van der Waals surface area contributed by atoms with E-state index in [1.807, 2.05) is 0 Å². The van der Waals surface area contributed by atoms with Gasteiger partial charge in [-0.05, 0) is 26.2 Å². The number of carbonyl (C=O) groups is 3. The van der Waals surface area contributed by atoms with Gasteiger partial charge in [-0.1, -0.05) is 31.9 Å². The van der Waals surface area contributed by atoms with Crippen molar-refractivity contribution >= 4 is 49.6 Å². The molecule has 0 rings (SSSR count). The van der Waals surface area contributed by atoms with Crippen LogP contribution in [-0.2, 0) is 19.1 Å². The summed E-state index contributed by atoms with van der Waals surface area (Å²) in [6.45, 7) is 2.55. The molecule has 2 N–H and O–H groups in total. The van der Waals surface area contributed by atoms with Crippen molar-refractivity contribution in [1.82, 2.24) is 10.6 Å². The van der Waals surface area contributed by atoms with Crippen LogP contribution in [0.25, 0.3) is 0 Å². The maximum Gasteiger partial charge on any atom is 0.328 e. The zero-order valence-corrected chi connectivity index (χ0v) is 14.6. The lowest BCUT2D eigenvalue weighted by Gasteiger charge is -2.16. The Hall–Kier alpha value is -0.630. The summed E-state index contributed by atoms with van der Waals surface area (Å²) in [5, 5.41) is 5.74. The first-order valence-electron chi connectivity index (χ1n) is 6.39. The highest BCUT2D eigenvalue weighted by Gasteiger charge is 2.20. The van der Waals surface area contributed by atoms with Gasteiger partial charge in [0.1, 0.15) is 6.04 Å². The second kappa shape index (κ2) is 12.1. The van der Waals surface area contributed by atoms with Crippen LogP contribution in [0.15, 0.2) is 0 Å². The third-order valence-corrected chi connectivity index (χ3v) is 3.41. The summed E-state index contributed by atoms with van der Waals surface area (Å²) >= 11 is 6.09. The smallest absolute Gasteiger partial charge is 0.328 e. The third-order valence-electron chi connectivity index (χ3n) is 2.39. The standard InChI is InChI=1S/C12H20Br2N2O4/c1-2-20-12(19)9(16-11(18)8-14)5-3-4-6-15-10(17)7-13/h9H,2-8H2,1H3,(H,15,17)(H,16,18)/t9-/m0/s1. The van der Waals surface area contributed by atoms with Gasteiger partial charge in [-0.15, -0.1) is 0 Å². The molecule has 0 fully saturated rings. The van der Waals surface area contributed by atoms with Gasteiger partial charge in [-0.2, -0.15) is 0 Å². The molecule has 0 aromatic heterocycles. The van der Waals surface area contributed by atoms with E-state index in [1.54, 1.807) is 6.92 Å². The number of halogens is 2. The first-order valence-corrected chi connectivity index (χ1v) is 8.64. The number of alkyl halides is 2. The molecule has 0 spiro atoms. The molecule has 0 radical (unpaired) electrons. The van der Waals surface area contributed by atoms with Crippen molar-refractivity contribution in [3.8, 4) is 0 Å². The molecular weight excluding hydrogens is 396 g/mol. The average Bonchev–Trinajstić information content (AvgIpc) is 2.45. The molecule has 0 unspecified atom stereocenters. The third kappa shape index (κ3) is 9.30. The Bertz CT molecular complexity index is 327. The minimum Gasteiger partial charge on any atom is -0.464 e. The molecule has 0 heterocycles. The summed E-state index contributed by atoms with van der Waals surface area (Å²) in [5.41, 5.74) is 0. The molecule has 0 saturated heterocycles. The summed E-state index contributed by atoms with van der Waals surface area (Å²) in [7, 11) is 0. The number of hydrogen-bond acceptors (Lipinski definition) is 4. The lowest BCUT2D eigenvalue weighted by atomic mass is 10.1. The van der Waals surface area contributed by atoms with E-state index in [0.717, 1.165) is 6.42 Å². The fourth-order valence-electron chi connectivity index (χ4n) is 1.47. The summed E-state index contributed by atoms with van der Waals surface area (Å²) in [6, 6.07) is -0.633. The highest BCUT2D eigenvalue weighted by atomic mass is 79.9. The summed E-state index contributed by atoms with van der Waals surface area (Å²) in [6.07, 6.45) is 1.93. The molecule has 0 aliphatic rings. The largest absolute Gasteiger partial charge is 0.464 e. The average molecular weight is 416 g/mol. The molecule has 2 amide bonds. The van der Waals surface area contributed by atoms with Crippen LogP contribution < -0.4 is 10.6 Å². The van der Waals surface area contributed by atoms with E-state index in [9.17, 15) is 14.4 Å². The molecular formula is C12H20Br2N2O4. The second-order valence-electron chi connectivity index (χ2n) is 3.99. The monoisotopic (exact) mass is 414 g/mol. The Kier molecular flexibility index (Phi) is 11.8. The fourth-order valence-corrected chi connectivity index (χ4v) is 1.83. The zero-order valence-electron chi connectivity index (χ0n) is 11.4. The van der Waals surface area contributed by atoms with E-state index >= 15 is 0 Å². The van der Waals surface area contributed by atoms with Crippen molar-refractivity contribution in [2.24, 2.45) is 0 Å². The quantitative estimate of drug-likeness (QED) is 0.318. The Morgan fingerprint density at radius 1 is 1.10 bits per heavy atom. The van der Waals surface area contributed by atoms with Crippen LogP contribution in [0.3, 0.4) is 0 Å². The lowest BCUT2D eigenvalue weighted by Crippen LogP contribution is -2.42. The molecule has 0 saturated carbocycles. The number of hydrogen-bond donors (Lipinski definition) is 2. The van der Waals surface area contributed by atoms with Gasteiger partial charge in [0.15, 0.2) is 0 Å². The van der Waals surface area contributed by atoms with Gasteiger partial charge in [0.2, 0.25) is 11.8 Å². The molecule has 0 aromatic rings. The number of carbonyl (C=O) groups excluding carboxylic acids is 3. The predicted octanol–water partition coefficient (Wildman–Crippen LogP) is 1.11. The van der Waals surface area contributed by atoms with Gasteiger partial charge in [0.25, 0.3) is 0 Å². The summed E-state index contributed by atoms with van der Waals surface area (Å²) in [5.74, 6) is -0.749. The Balaban J connectivity index is 4.06. The number of ether oxygens (including phenoxy) is 1. The van der Waals surface area contributed by atoms with Crippen molar-refractivity contribution < 1.29 is 19.1 Å². The van der Waals surface area contributed by atoms with Gasteiger partial charge in [0, 0.05) is 6.54 Å². The molecule has 20 heavy (non-hydrogen) atoms. The van der Waals surface area contributed by atoms with Crippen molar-refractivity contribution in [1.29, 1.82) is 0 Å². The molecule has 0 bridgehead atoms. The maximum absolute atomic E-state index is 11.7. The molecule has 8 heteroatoms. The van der Waals surface area contributed by atoms with E-state index < -0.39 is 12.0 Å².